The summed E-state index contributed by atoms with van der Waals surface area (Å²) in [5.41, 5.74) is 13.9. The molecule has 0 spiro atoms. The zero-order chi connectivity index (χ0) is 38.4. The van der Waals surface area contributed by atoms with Gasteiger partial charge in [-0.2, -0.15) is 0 Å². The second-order valence-corrected chi connectivity index (χ2v) is 15.0. The quantitative estimate of drug-likeness (QED) is 0.158. The van der Waals surface area contributed by atoms with E-state index >= 15 is 0 Å². The van der Waals surface area contributed by atoms with E-state index in [1.807, 2.05) is 0 Å². The molecule has 2 heteroatoms. The van der Waals surface area contributed by atoms with Crippen LogP contribution in [0.25, 0.3) is 82.4 Å². The van der Waals surface area contributed by atoms with Gasteiger partial charge in [0.15, 0.2) is 0 Å². The predicted molar refractivity (Wildman–Crippen MR) is 247 cm³/mol. The molecule has 1 aromatic heterocycles. The highest BCUT2D eigenvalue weighted by atomic mass is 15.1. The monoisotopic (exact) mass is 738 g/mol. The molecular formula is C56H38N2. The lowest BCUT2D eigenvalue weighted by Gasteiger charge is -2.28. The lowest BCUT2D eigenvalue weighted by Crippen LogP contribution is -2.11. The summed E-state index contributed by atoms with van der Waals surface area (Å²) in [5.74, 6) is 0. The Kier molecular flexibility index (Phi) is 8.19. The number of hydrogen-bond donors (Lipinski definition) is 0. The molecule has 0 unspecified atom stereocenters. The van der Waals surface area contributed by atoms with E-state index in [-0.39, 0.29) is 0 Å². The Morgan fingerprint density at radius 3 is 1.64 bits per heavy atom. The van der Waals surface area contributed by atoms with E-state index in [4.69, 9.17) is 0 Å². The molecule has 1 heterocycles. The fraction of sp³-hybridized carbons (Fsp3) is 0. The molecule has 0 atom stereocenters. The molecule has 0 bridgehead atoms. The van der Waals surface area contributed by atoms with Crippen LogP contribution in [-0.4, -0.2) is 4.57 Å². The van der Waals surface area contributed by atoms with E-state index in [1.54, 1.807) is 0 Å². The molecule has 0 N–H and O–H groups in total. The summed E-state index contributed by atoms with van der Waals surface area (Å²) >= 11 is 0. The van der Waals surface area contributed by atoms with Crippen LogP contribution in [0.2, 0.25) is 0 Å². The van der Waals surface area contributed by atoms with Gasteiger partial charge in [-0.3, -0.25) is 0 Å². The van der Waals surface area contributed by atoms with Crippen molar-refractivity contribution >= 4 is 60.4 Å². The van der Waals surface area contributed by atoms with Crippen molar-refractivity contribution in [2.45, 2.75) is 0 Å². The Hall–Kier alpha value is -7.68. The maximum atomic E-state index is 2.50. The number of para-hydroxylation sites is 3. The first-order chi connectivity index (χ1) is 28.8. The Bertz CT molecular complexity index is 3290. The Morgan fingerprint density at radius 1 is 0.293 bits per heavy atom. The number of rotatable bonds is 7. The third-order valence-corrected chi connectivity index (χ3v) is 11.5. The number of nitrogens with zero attached hydrogens (tertiary/aromatic N) is 2. The van der Waals surface area contributed by atoms with E-state index in [2.05, 4.69) is 240 Å². The van der Waals surface area contributed by atoms with Gasteiger partial charge in [0.25, 0.3) is 0 Å². The maximum absolute atomic E-state index is 2.50. The molecule has 11 rings (SSSR count). The third kappa shape index (κ3) is 5.82. The first-order valence-corrected chi connectivity index (χ1v) is 19.9. The van der Waals surface area contributed by atoms with Gasteiger partial charge in [0.05, 0.1) is 22.4 Å². The van der Waals surface area contributed by atoms with Crippen LogP contribution < -0.4 is 4.90 Å². The highest BCUT2D eigenvalue weighted by molar-refractivity contribution is 6.11. The number of fused-ring (bicyclic) bond motifs is 5. The topological polar surface area (TPSA) is 8.17 Å². The van der Waals surface area contributed by atoms with Crippen LogP contribution in [0.5, 0.6) is 0 Å². The summed E-state index contributed by atoms with van der Waals surface area (Å²) in [7, 11) is 0. The van der Waals surface area contributed by atoms with Crippen LogP contribution in [0, 0.1) is 0 Å². The molecule has 10 aromatic carbocycles. The van der Waals surface area contributed by atoms with Crippen molar-refractivity contribution in [1.29, 1.82) is 0 Å². The van der Waals surface area contributed by atoms with Gasteiger partial charge in [0.1, 0.15) is 0 Å². The zero-order valence-electron chi connectivity index (χ0n) is 31.8. The molecule has 272 valence electrons. The minimum atomic E-state index is 1.09. The van der Waals surface area contributed by atoms with Gasteiger partial charge in [0.2, 0.25) is 0 Å². The largest absolute Gasteiger partial charge is 0.310 e. The summed E-state index contributed by atoms with van der Waals surface area (Å²) in [6.45, 7) is 0. The lowest BCUT2D eigenvalue weighted by atomic mass is 9.95. The van der Waals surface area contributed by atoms with Crippen molar-refractivity contribution in [3.8, 4) is 39.1 Å². The van der Waals surface area contributed by atoms with Gasteiger partial charge in [-0.05, 0) is 98.4 Å². The van der Waals surface area contributed by atoms with Crippen LogP contribution in [0.3, 0.4) is 0 Å². The van der Waals surface area contributed by atoms with Crippen molar-refractivity contribution in [2.24, 2.45) is 0 Å². The average Bonchev–Trinajstić information content (AvgIpc) is 3.63. The van der Waals surface area contributed by atoms with Crippen LogP contribution in [-0.2, 0) is 0 Å². The van der Waals surface area contributed by atoms with Crippen molar-refractivity contribution in [2.75, 3.05) is 4.90 Å². The Balaban J connectivity index is 1.19. The second kappa shape index (κ2) is 14.1. The predicted octanol–water partition coefficient (Wildman–Crippen LogP) is 15.6. The van der Waals surface area contributed by atoms with E-state index in [1.165, 1.54) is 71.2 Å². The van der Waals surface area contributed by atoms with Crippen LogP contribution in [0.1, 0.15) is 0 Å². The molecular weight excluding hydrogens is 701 g/mol. The molecule has 0 amide bonds. The molecule has 0 aliphatic heterocycles. The number of hydrogen-bond acceptors (Lipinski definition) is 1. The fourth-order valence-electron chi connectivity index (χ4n) is 8.76. The van der Waals surface area contributed by atoms with Gasteiger partial charge in [-0.25, -0.2) is 0 Å². The SMILES string of the molecule is c1ccc(-c2ccccc2N(c2ccccc2)c2ccc3c4ccccc4n(-c4cc(-c5ccc6ccccc6c5)ccc4-c4ccc5ccccc5c4)c3c2)cc1. The molecule has 0 aliphatic carbocycles. The van der Waals surface area contributed by atoms with Crippen LogP contribution in [0.15, 0.2) is 231 Å². The molecule has 0 saturated carbocycles. The van der Waals surface area contributed by atoms with E-state index in [0.717, 1.165) is 28.3 Å². The molecule has 0 fully saturated rings. The summed E-state index contributed by atoms with van der Waals surface area (Å²) in [5, 5.41) is 7.37. The zero-order valence-corrected chi connectivity index (χ0v) is 31.8. The lowest BCUT2D eigenvalue weighted by molar-refractivity contribution is 1.18. The van der Waals surface area contributed by atoms with Gasteiger partial charge >= 0.3 is 0 Å². The minimum Gasteiger partial charge on any atom is -0.310 e. The summed E-state index contributed by atoms with van der Waals surface area (Å²) in [4.78, 5) is 2.40. The van der Waals surface area contributed by atoms with Crippen LogP contribution in [0.4, 0.5) is 17.1 Å². The third-order valence-electron chi connectivity index (χ3n) is 11.5. The van der Waals surface area contributed by atoms with Crippen molar-refractivity contribution in [3.63, 3.8) is 0 Å². The Morgan fingerprint density at radius 2 is 0.862 bits per heavy atom. The fourth-order valence-corrected chi connectivity index (χ4v) is 8.76. The maximum Gasteiger partial charge on any atom is 0.0562 e. The van der Waals surface area contributed by atoms with Crippen molar-refractivity contribution in [3.05, 3.63) is 231 Å². The smallest absolute Gasteiger partial charge is 0.0562 e. The number of benzene rings is 10. The molecule has 58 heavy (non-hydrogen) atoms. The van der Waals surface area contributed by atoms with Gasteiger partial charge in [-0.15, -0.1) is 0 Å². The molecule has 11 aromatic rings. The van der Waals surface area contributed by atoms with E-state index < -0.39 is 0 Å². The normalized spacial score (nSPS) is 11.4. The van der Waals surface area contributed by atoms with Gasteiger partial charge in [-0.1, -0.05) is 176 Å². The molecule has 2 nitrogen and oxygen atoms in total. The van der Waals surface area contributed by atoms with Gasteiger partial charge < -0.3 is 9.47 Å². The van der Waals surface area contributed by atoms with E-state index in [0.29, 0.717) is 0 Å². The Labute approximate surface area is 338 Å². The standard InChI is InChI=1S/C56H38N2/c1-3-17-41(18-4-1)49-23-11-13-25-53(49)57(47-21-5-2-6-22-47)48-32-34-52-51-24-12-14-26-54(51)58(56(52)38-48)55-37-45(44-29-27-39-15-7-9-19-42(39)35-44)31-33-50(55)46-30-28-40-16-8-10-20-43(40)36-46/h1-38H. The highest BCUT2D eigenvalue weighted by Gasteiger charge is 2.21. The first-order valence-electron chi connectivity index (χ1n) is 19.9. The molecule has 0 saturated heterocycles. The number of aromatic nitrogens is 1. The number of anilines is 3. The van der Waals surface area contributed by atoms with Crippen molar-refractivity contribution < 1.29 is 0 Å². The van der Waals surface area contributed by atoms with Crippen molar-refractivity contribution in [1.82, 2.24) is 4.57 Å². The van der Waals surface area contributed by atoms with E-state index in [9.17, 15) is 0 Å². The highest BCUT2D eigenvalue weighted by Crippen LogP contribution is 2.44. The average molecular weight is 739 g/mol. The van der Waals surface area contributed by atoms with Crippen LogP contribution >= 0.6 is 0 Å². The minimum absolute atomic E-state index is 1.09. The van der Waals surface area contributed by atoms with Gasteiger partial charge in [0, 0.05) is 33.3 Å². The first kappa shape index (κ1) is 33.6. The summed E-state index contributed by atoms with van der Waals surface area (Å²) in [6.07, 6.45) is 0. The summed E-state index contributed by atoms with van der Waals surface area (Å²) in [6, 6.07) is 83.9. The molecule has 0 radical (unpaired) electrons. The second-order valence-electron chi connectivity index (χ2n) is 15.0. The summed E-state index contributed by atoms with van der Waals surface area (Å²) < 4.78 is 2.50. The molecule has 0 aliphatic rings.